The Morgan fingerprint density at radius 2 is 1.82 bits per heavy atom. The first kappa shape index (κ1) is 7.14. The van der Waals surface area contributed by atoms with Crippen LogP contribution in [0.15, 0.2) is 0 Å². The van der Waals surface area contributed by atoms with Crippen molar-refractivity contribution in [2.45, 2.75) is 32.2 Å². The predicted octanol–water partition coefficient (Wildman–Crippen LogP) is 1.26. The predicted molar refractivity (Wildman–Crippen MR) is 43.1 cm³/mol. The molecule has 2 fully saturated rings. The van der Waals surface area contributed by atoms with Crippen molar-refractivity contribution < 1.29 is 4.79 Å². The quantitative estimate of drug-likeness (QED) is 0.555. The first-order chi connectivity index (χ1) is 5.18. The molecule has 2 aliphatic carbocycles. The number of carbonyl (C=O) groups is 1. The van der Waals surface area contributed by atoms with Gasteiger partial charge in [0.1, 0.15) is 0 Å². The topological polar surface area (TPSA) is 20.3 Å². The monoisotopic (exact) mass is 153 g/mol. The third kappa shape index (κ3) is 1.15. The van der Waals surface area contributed by atoms with Gasteiger partial charge in [0.25, 0.3) is 0 Å². The summed E-state index contributed by atoms with van der Waals surface area (Å²) in [6.07, 6.45) is 3.96. The van der Waals surface area contributed by atoms with Crippen molar-refractivity contribution >= 4 is 5.91 Å². The molecule has 2 rings (SSSR count). The fraction of sp³-hybridized carbons (Fsp3) is 0.889. The number of fused-ring (bicyclic) bond motifs is 1. The van der Waals surface area contributed by atoms with E-state index in [-0.39, 0.29) is 5.91 Å². The first-order valence-corrected chi connectivity index (χ1v) is 4.42. The van der Waals surface area contributed by atoms with Gasteiger partial charge in [-0.15, -0.1) is 0 Å². The van der Waals surface area contributed by atoms with Gasteiger partial charge in [0.05, 0.1) is 0 Å². The summed E-state index contributed by atoms with van der Waals surface area (Å²) in [5.74, 6) is 2.17. The molecule has 2 atom stereocenters. The second kappa shape index (κ2) is 2.23. The Kier molecular flexibility index (Phi) is 1.44. The molecule has 2 unspecified atom stereocenters. The molecule has 2 saturated carbocycles. The summed E-state index contributed by atoms with van der Waals surface area (Å²) in [4.78, 5) is 12.9. The van der Waals surface area contributed by atoms with Gasteiger partial charge in [0.2, 0.25) is 5.91 Å². The van der Waals surface area contributed by atoms with Crippen LogP contribution in [0.25, 0.3) is 0 Å². The van der Waals surface area contributed by atoms with Crippen molar-refractivity contribution in [1.29, 1.82) is 0 Å². The lowest BCUT2D eigenvalue weighted by molar-refractivity contribution is -0.129. The lowest BCUT2D eigenvalue weighted by atomic mass is 10.1. The zero-order valence-electron chi connectivity index (χ0n) is 7.21. The van der Waals surface area contributed by atoms with Gasteiger partial charge in [0, 0.05) is 20.0 Å². The molecule has 1 amide bonds. The second-order valence-electron chi connectivity index (χ2n) is 4.01. The highest BCUT2D eigenvalue weighted by Crippen LogP contribution is 2.52. The van der Waals surface area contributed by atoms with E-state index in [2.05, 4.69) is 0 Å². The summed E-state index contributed by atoms with van der Waals surface area (Å²) < 4.78 is 0. The zero-order chi connectivity index (χ0) is 8.01. The van der Waals surface area contributed by atoms with Crippen LogP contribution >= 0.6 is 0 Å². The van der Waals surface area contributed by atoms with Gasteiger partial charge < -0.3 is 4.90 Å². The Morgan fingerprint density at radius 3 is 2.27 bits per heavy atom. The number of hydrogen-bond acceptors (Lipinski definition) is 1. The molecular formula is C9H15NO. The molecule has 0 radical (unpaired) electrons. The third-order valence-corrected chi connectivity index (χ3v) is 3.26. The van der Waals surface area contributed by atoms with Gasteiger partial charge in [-0.05, 0) is 31.1 Å². The van der Waals surface area contributed by atoms with Gasteiger partial charge in [-0.25, -0.2) is 0 Å². The van der Waals surface area contributed by atoms with Crippen LogP contribution in [0, 0.1) is 11.8 Å². The maximum atomic E-state index is 11.0. The Balaban J connectivity index is 1.91. The van der Waals surface area contributed by atoms with Gasteiger partial charge >= 0.3 is 0 Å². The molecule has 2 heteroatoms. The Labute approximate surface area is 67.6 Å². The fourth-order valence-corrected chi connectivity index (χ4v) is 2.26. The lowest BCUT2D eigenvalue weighted by Crippen LogP contribution is -2.34. The fourth-order valence-electron chi connectivity index (χ4n) is 2.26. The smallest absolute Gasteiger partial charge is 0.219 e. The maximum Gasteiger partial charge on any atom is 0.219 e. The Hall–Kier alpha value is -0.530. The molecule has 0 heterocycles. The molecule has 0 N–H and O–H groups in total. The molecule has 0 aliphatic heterocycles. The van der Waals surface area contributed by atoms with Crippen LogP contribution in [0.5, 0.6) is 0 Å². The van der Waals surface area contributed by atoms with Crippen molar-refractivity contribution in [2.75, 3.05) is 7.05 Å². The molecule has 62 valence electrons. The summed E-state index contributed by atoms with van der Waals surface area (Å²) in [5, 5.41) is 0. The highest BCUT2D eigenvalue weighted by atomic mass is 16.2. The van der Waals surface area contributed by atoms with E-state index < -0.39 is 0 Å². The molecule has 0 aromatic rings. The number of hydrogen-bond donors (Lipinski definition) is 0. The van der Waals surface area contributed by atoms with Crippen LogP contribution < -0.4 is 0 Å². The van der Waals surface area contributed by atoms with Crippen LogP contribution in [-0.2, 0) is 4.79 Å². The minimum absolute atomic E-state index is 0.219. The van der Waals surface area contributed by atoms with Crippen LogP contribution in [-0.4, -0.2) is 23.9 Å². The van der Waals surface area contributed by atoms with Crippen molar-refractivity contribution in [1.82, 2.24) is 4.90 Å². The summed E-state index contributed by atoms with van der Waals surface area (Å²) in [5.41, 5.74) is 0. The highest BCUT2D eigenvalue weighted by Gasteiger charge is 2.47. The average Bonchev–Trinajstić information content (AvgIpc) is 2.57. The van der Waals surface area contributed by atoms with Crippen LogP contribution in [0.4, 0.5) is 0 Å². The molecule has 0 spiro atoms. The maximum absolute atomic E-state index is 11.0. The van der Waals surface area contributed by atoms with Crippen LogP contribution in [0.2, 0.25) is 0 Å². The van der Waals surface area contributed by atoms with E-state index in [1.807, 2.05) is 11.9 Å². The number of amides is 1. The van der Waals surface area contributed by atoms with Crippen LogP contribution in [0.3, 0.4) is 0 Å². The van der Waals surface area contributed by atoms with Gasteiger partial charge in [-0.1, -0.05) is 0 Å². The summed E-state index contributed by atoms with van der Waals surface area (Å²) in [6.45, 7) is 1.66. The standard InChI is InChI=1S/C9H15NO/c1-6(11)10(2)9-4-7-3-8(7)5-9/h7-9H,3-5H2,1-2H3. The molecule has 0 bridgehead atoms. The number of carbonyl (C=O) groups excluding carboxylic acids is 1. The average molecular weight is 153 g/mol. The molecule has 0 aromatic carbocycles. The van der Waals surface area contributed by atoms with E-state index in [0.717, 1.165) is 11.8 Å². The highest BCUT2D eigenvalue weighted by molar-refractivity contribution is 5.73. The Bertz CT molecular complexity index is 180. The van der Waals surface area contributed by atoms with E-state index in [1.165, 1.54) is 19.3 Å². The van der Waals surface area contributed by atoms with E-state index in [0.29, 0.717) is 6.04 Å². The summed E-state index contributed by atoms with van der Waals surface area (Å²) >= 11 is 0. The van der Waals surface area contributed by atoms with E-state index >= 15 is 0 Å². The van der Waals surface area contributed by atoms with Crippen molar-refractivity contribution in [3.05, 3.63) is 0 Å². The number of nitrogens with zero attached hydrogens (tertiary/aromatic N) is 1. The van der Waals surface area contributed by atoms with Crippen molar-refractivity contribution in [3.63, 3.8) is 0 Å². The number of rotatable bonds is 1. The first-order valence-electron chi connectivity index (χ1n) is 4.42. The molecule has 11 heavy (non-hydrogen) atoms. The zero-order valence-corrected chi connectivity index (χ0v) is 7.21. The minimum atomic E-state index is 0.219. The molecule has 2 aliphatic rings. The van der Waals surface area contributed by atoms with E-state index in [4.69, 9.17) is 0 Å². The Morgan fingerprint density at radius 1 is 1.27 bits per heavy atom. The van der Waals surface area contributed by atoms with Crippen molar-refractivity contribution in [2.24, 2.45) is 11.8 Å². The summed E-state index contributed by atoms with van der Waals surface area (Å²) in [6, 6.07) is 0.566. The van der Waals surface area contributed by atoms with Crippen molar-refractivity contribution in [3.8, 4) is 0 Å². The minimum Gasteiger partial charge on any atom is -0.343 e. The third-order valence-electron chi connectivity index (χ3n) is 3.26. The SMILES string of the molecule is CC(=O)N(C)C1CC2CC2C1. The van der Waals surface area contributed by atoms with Gasteiger partial charge in [-0.3, -0.25) is 4.79 Å². The second-order valence-corrected chi connectivity index (χ2v) is 4.01. The largest absolute Gasteiger partial charge is 0.343 e. The molecule has 0 saturated heterocycles. The van der Waals surface area contributed by atoms with Gasteiger partial charge in [-0.2, -0.15) is 0 Å². The molecule has 2 nitrogen and oxygen atoms in total. The van der Waals surface area contributed by atoms with E-state index in [1.54, 1.807) is 6.92 Å². The molecular weight excluding hydrogens is 138 g/mol. The van der Waals surface area contributed by atoms with Crippen LogP contribution in [0.1, 0.15) is 26.2 Å². The van der Waals surface area contributed by atoms with Gasteiger partial charge in [0.15, 0.2) is 0 Å². The normalized spacial score (nSPS) is 40.0. The molecule has 0 aromatic heterocycles. The lowest BCUT2D eigenvalue weighted by Gasteiger charge is -2.24. The van der Waals surface area contributed by atoms with E-state index in [9.17, 15) is 4.79 Å². The summed E-state index contributed by atoms with van der Waals surface area (Å²) in [7, 11) is 1.93.